The van der Waals surface area contributed by atoms with Crippen LogP contribution < -0.4 is 5.32 Å². The zero-order valence-electron chi connectivity index (χ0n) is 8.68. The maximum atomic E-state index is 11.5. The Balaban J connectivity index is 1.79. The van der Waals surface area contributed by atoms with E-state index in [1.165, 1.54) is 6.20 Å². The first-order valence-electron chi connectivity index (χ1n) is 5.03. The first kappa shape index (κ1) is 10.4. The molecule has 5 nitrogen and oxygen atoms in total. The van der Waals surface area contributed by atoms with E-state index in [1.807, 2.05) is 18.2 Å². The summed E-state index contributed by atoms with van der Waals surface area (Å²) in [5.74, 6) is -0.121. The van der Waals surface area contributed by atoms with Crippen molar-refractivity contribution in [1.29, 1.82) is 0 Å². The Bertz CT molecular complexity index is 438. The summed E-state index contributed by atoms with van der Waals surface area (Å²) in [6, 6.07) is 5.73. The molecule has 2 aromatic heterocycles. The number of carbonyl (C=O) groups excluding carboxylic acids is 1. The predicted molar refractivity (Wildman–Crippen MR) is 58.9 cm³/mol. The van der Waals surface area contributed by atoms with Crippen LogP contribution in [-0.2, 0) is 6.42 Å². The highest BCUT2D eigenvalue weighted by Crippen LogP contribution is 1.95. The number of H-pyrrole nitrogens is 1. The summed E-state index contributed by atoms with van der Waals surface area (Å²) in [5, 5.41) is 9.10. The lowest BCUT2D eigenvalue weighted by molar-refractivity contribution is 0.0954. The Morgan fingerprint density at radius 2 is 2.38 bits per heavy atom. The number of nitrogens with zero attached hydrogens (tertiary/aromatic N) is 2. The van der Waals surface area contributed by atoms with Crippen LogP contribution >= 0.6 is 0 Å². The second-order valence-electron chi connectivity index (χ2n) is 3.31. The van der Waals surface area contributed by atoms with E-state index in [9.17, 15) is 4.79 Å². The van der Waals surface area contributed by atoms with Gasteiger partial charge in [-0.25, -0.2) is 0 Å². The Labute approximate surface area is 92.9 Å². The number of nitrogens with one attached hydrogen (secondary N) is 2. The molecule has 2 heterocycles. The Morgan fingerprint density at radius 1 is 1.44 bits per heavy atom. The van der Waals surface area contributed by atoms with Crippen LogP contribution in [0.2, 0.25) is 0 Å². The highest BCUT2D eigenvalue weighted by molar-refractivity contribution is 5.93. The molecule has 0 unspecified atom stereocenters. The number of hydrogen-bond acceptors (Lipinski definition) is 3. The summed E-state index contributed by atoms with van der Waals surface area (Å²) < 4.78 is 0. The molecule has 0 aliphatic rings. The van der Waals surface area contributed by atoms with E-state index in [4.69, 9.17) is 0 Å². The SMILES string of the molecule is O=C(NCCc1ccccn1)c1cn[nH]c1. The first-order valence-corrected chi connectivity index (χ1v) is 5.03. The monoisotopic (exact) mass is 216 g/mol. The van der Waals surface area contributed by atoms with Gasteiger partial charge in [0.2, 0.25) is 0 Å². The van der Waals surface area contributed by atoms with Gasteiger partial charge in [0.05, 0.1) is 11.8 Å². The number of rotatable bonds is 4. The third-order valence-corrected chi connectivity index (χ3v) is 2.15. The standard InChI is InChI=1S/C11H12N4O/c16-11(9-7-14-15-8-9)13-6-4-10-3-1-2-5-12-10/h1-3,5,7-8H,4,6H2,(H,13,16)(H,14,15). The van der Waals surface area contributed by atoms with Crippen molar-refractivity contribution in [3.05, 3.63) is 48.0 Å². The van der Waals surface area contributed by atoms with E-state index in [1.54, 1.807) is 12.4 Å². The van der Waals surface area contributed by atoms with Crippen LogP contribution in [0.1, 0.15) is 16.1 Å². The molecule has 2 N–H and O–H groups in total. The van der Waals surface area contributed by atoms with Crippen LogP contribution in [0.4, 0.5) is 0 Å². The summed E-state index contributed by atoms with van der Waals surface area (Å²) in [6.07, 6.45) is 5.53. The van der Waals surface area contributed by atoms with Crippen LogP contribution in [0.25, 0.3) is 0 Å². The predicted octanol–water partition coefficient (Wildman–Crippen LogP) is 0.777. The van der Waals surface area contributed by atoms with Gasteiger partial charge >= 0.3 is 0 Å². The topological polar surface area (TPSA) is 70.7 Å². The molecule has 0 aromatic carbocycles. The minimum atomic E-state index is -0.121. The lowest BCUT2D eigenvalue weighted by Gasteiger charge is -2.02. The van der Waals surface area contributed by atoms with Crippen molar-refractivity contribution in [2.24, 2.45) is 0 Å². The second-order valence-corrected chi connectivity index (χ2v) is 3.31. The summed E-state index contributed by atoms with van der Waals surface area (Å²) >= 11 is 0. The largest absolute Gasteiger partial charge is 0.352 e. The highest BCUT2D eigenvalue weighted by atomic mass is 16.1. The fourth-order valence-corrected chi connectivity index (χ4v) is 1.33. The quantitative estimate of drug-likeness (QED) is 0.793. The molecule has 5 heteroatoms. The number of aromatic amines is 1. The molecule has 82 valence electrons. The van der Waals surface area contributed by atoms with Crippen molar-refractivity contribution in [3.63, 3.8) is 0 Å². The van der Waals surface area contributed by atoms with E-state index in [-0.39, 0.29) is 5.91 Å². The number of amides is 1. The molecule has 0 aliphatic carbocycles. The average molecular weight is 216 g/mol. The number of pyridine rings is 1. The van der Waals surface area contributed by atoms with E-state index in [2.05, 4.69) is 20.5 Å². The lowest BCUT2D eigenvalue weighted by Crippen LogP contribution is -2.25. The Hall–Kier alpha value is -2.17. The molecule has 1 amide bonds. The van der Waals surface area contributed by atoms with Crippen LogP contribution in [0.15, 0.2) is 36.8 Å². The normalized spacial score (nSPS) is 10.0. The van der Waals surface area contributed by atoms with E-state index < -0.39 is 0 Å². The van der Waals surface area contributed by atoms with Crippen molar-refractivity contribution < 1.29 is 4.79 Å². The zero-order chi connectivity index (χ0) is 11.2. The van der Waals surface area contributed by atoms with Gasteiger partial charge in [-0.3, -0.25) is 14.9 Å². The Kier molecular flexibility index (Phi) is 3.28. The highest BCUT2D eigenvalue weighted by Gasteiger charge is 2.04. The lowest BCUT2D eigenvalue weighted by atomic mass is 10.2. The number of aromatic nitrogens is 3. The Morgan fingerprint density at radius 3 is 3.06 bits per heavy atom. The number of hydrogen-bond donors (Lipinski definition) is 2. The molecule has 0 fully saturated rings. The minimum absolute atomic E-state index is 0.121. The maximum Gasteiger partial charge on any atom is 0.254 e. The van der Waals surface area contributed by atoms with Gasteiger partial charge < -0.3 is 5.32 Å². The zero-order valence-corrected chi connectivity index (χ0v) is 8.68. The van der Waals surface area contributed by atoms with Gasteiger partial charge in [0.15, 0.2) is 0 Å². The maximum absolute atomic E-state index is 11.5. The molecule has 2 rings (SSSR count). The van der Waals surface area contributed by atoms with Crippen LogP contribution in [-0.4, -0.2) is 27.6 Å². The molecular formula is C11H12N4O. The van der Waals surface area contributed by atoms with E-state index >= 15 is 0 Å². The van der Waals surface area contributed by atoms with Gasteiger partial charge in [-0.2, -0.15) is 5.10 Å². The van der Waals surface area contributed by atoms with Crippen molar-refractivity contribution in [2.45, 2.75) is 6.42 Å². The average Bonchev–Trinajstić information content (AvgIpc) is 2.84. The summed E-state index contributed by atoms with van der Waals surface area (Å²) in [7, 11) is 0. The van der Waals surface area contributed by atoms with Gasteiger partial charge in [-0.1, -0.05) is 6.07 Å². The van der Waals surface area contributed by atoms with Gasteiger partial charge in [0.25, 0.3) is 5.91 Å². The smallest absolute Gasteiger partial charge is 0.254 e. The van der Waals surface area contributed by atoms with Gasteiger partial charge in [-0.15, -0.1) is 0 Å². The van der Waals surface area contributed by atoms with Crippen molar-refractivity contribution in [1.82, 2.24) is 20.5 Å². The molecule has 0 radical (unpaired) electrons. The van der Waals surface area contributed by atoms with Gasteiger partial charge in [0.1, 0.15) is 0 Å². The molecule has 0 spiro atoms. The molecular weight excluding hydrogens is 204 g/mol. The van der Waals surface area contributed by atoms with Gasteiger partial charge in [0, 0.05) is 31.1 Å². The minimum Gasteiger partial charge on any atom is -0.352 e. The van der Waals surface area contributed by atoms with Crippen LogP contribution in [0.3, 0.4) is 0 Å². The first-order chi connectivity index (χ1) is 7.86. The van der Waals surface area contributed by atoms with Crippen molar-refractivity contribution >= 4 is 5.91 Å². The van der Waals surface area contributed by atoms with Crippen molar-refractivity contribution in [2.75, 3.05) is 6.54 Å². The summed E-state index contributed by atoms with van der Waals surface area (Å²) in [4.78, 5) is 15.7. The molecule has 16 heavy (non-hydrogen) atoms. The molecule has 2 aromatic rings. The summed E-state index contributed by atoms with van der Waals surface area (Å²) in [6.45, 7) is 0.570. The molecule has 0 aliphatic heterocycles. The number of carbonyl (C=O) groups is 1. The molecule has 0 bridgehead atoms. The van der Waals surface area contributed by atoms with E-state index in [0.717, 1.165) is 12.1 Å². The second kappa shape index (κ2) is 5.06. The molecule has 0 saturated heterocycles. The van der Waals surface area contributed by atoms with Crippen LogP contribution in [0, 0.1) is 0 Å². The molecule has 0 saturated carbocycles. The van der Waals surface area contributed by atoms with Crippen LogP contribution in [0.5, 0.6) is 0 Å². The fraction of sp³-hybridized carbons (Fsp3) is 0.182. The summed E-state index contributed by atoms with van der Waals surface area (Å²) in [5.41, 5.74) is 1.51. The van der Waals surface area contributed by atoms with Crippen molar-refractivity contribution in [3.8, 4) is 0 Å². The fourth-order valence-electron chi connectivity index (χ4n) is 1.33. The molecule has 0 atom stereocenters. The van der Waals surface area contributed by atoms with E-state index in [0.29, 0.717) is 12.1 Å². The van der Waals surface area contributed by atoms with Gasteiger partial charge in [-0.05, 0) is 12.1 Å². The third-order valence-electron chi connectivity index (χ3n) is 2.15. The third kappa shape index (κ3) is 2.66.